The number of halogens is 1. The van der Waals surface area contributed by atoms with E-state index in [9.17, 15) is 19.1 Å². The van der Waals surface area contributed by atoms with E-state index < -0.39 is 23.9 Å². The molecule has 3 heterocycles. The van der Waals surface area contributed by atoms with E-state index in [1.807, 2.05) is 0 Å². The SMILES string of the molecule is COc1c(C(=O)N[C@H]2CCOC[C@@H]2O)cc(Cc2ccc(C(=O)NCc3ccco3)c(F)c2)c2c1CCO2. The minimum atomic E-state index is -0.798. The molecule has 0 spiro atoms. The molecule has 0 saturated carbocycles. The van der Waals surface area contributed by atoms with Gasteiger partial charge in [-0.15, -0.1) is 0 Å². The number of aliphatic hydroxyl groups is 1. The van der Waals surface area contributed by atoms with Gasteiger partial charge in [-0.05, 0) is 47.9 Å². The Kier molecular flexibility index (Phi) is 7.62. The summed E-state index contributed by atoms with van der Waals surface area (Å²) >= 11 is 0. The van der Waals surface area contributed by atoms with Crippen LogP contribution in [0.2, 0.25) is 0 Å². The van der Waals surface area contributed by atoms with Gasteiger partial charge < -0.3 is 34.4 Å². The number of carbonyl (C=O) groups is 2. The van der Waals surface area contributed by atoms with Crippen molar-refractivity contribution in [1.29, 1.82) is 0 Å². The maximum atomic E-state index is 14.9. The molecule has 200 valence electrons. The molecule has 10 heteroatoms. The van der Waals surface area contributed by atoms with Gasteiger partial charge in [0.25, 0.3) is 11.8 Å². The Bertz CT molecular complexity index is 1330. The molecule has 38 heavy (non-hydrogen) atoms. The van der Waals surface area contributed by atoms with Gasteiger partial charge in [0.1, 0.15) is 23.1 Å². The molecular formula is C28H29FN2O7. The molecule has 1 fully saturated rings. The second-order valence-corrected chi connectivity index (χ2v) is 9.29. The average molecular weight is 525 g/mol. The van der Waals surface area contributed by atoms with Crippen LogP contribution in [0, 0.1) is 5.82 Å². The molecule has 2 aromatic carbocycles. The van der Waals surface area contributed by atoms with E-state index in [0.717, 1.165) is 5.56 Å². The molecule has 2 amide bonds. The van der Waals surface area contributed by atoms with E-state index in [-0.39, 0.29) is 31.0 Å². The Morgan fingerprint density at radius 2 is 2.03 bits per heavy atom. The summed E-state index contributed by atoms with van der Waals surface area (Å²) in [5, 5.41) is 15.7. The Labute approximate surface area is 218 Å². The third-order valence-corrected chi connectivity index (χ3v) is 6.77. The summed E-state index contributed by atoms with van der Waals surface area (Å²) in [5.41, 5.74) is 2.33. The highest BCUT2D eigenvalue weighted by Crippen LogP contribution is 2.40. The summed E-state index contributed by atoms with van der Waals surface area (Å²) in [6, 6.07) is 9.10. The molecule has 0 unspecified atom stereocenters. The molecule has 0 bridgehead atoms. The molecule has 1 saturated heterocycles. The Morgan fingerprint density at radius 3 is 2.76 bits per heavy atom. The third kappa shape index (κ3) is 5.36. The first-order valence-electron chi connectivity index (χ1n) is 12.5. The average Bonchev–Trinajstić information content (AvgIpc) is 3.61. The molecule has 3 aromatic rings. The van der Waals surface area contributed by atoms with E-state index >= 15 is 0 Å². The van der Waals surface area contributed by atoms with Gasteiger partial charge in [-0.3, -0.25) is 9.59 Å². The quantitative estimate of drug-likeness (QED) is 0.415. The van der Waals surface area contributed by atoms with Crippen molar-refractivity contribution < 1.29 is 37.7 Å². The zero-order chi connectivity index (χ0) is 26.6. The number of furan rings is 1. The molecule has 9 nitrogen and oxygen atoms in total. The Balaban J connectivity index is 1.37. The van der Waals surface area contributed by atoms with Crippen molar-refractivity contribution in [1.82, 2.24) is 10.6 Å². The lowest BCUT2D eigenvalue weighted by atomic mass is 9.95. The van der Waals surface area contributed by atoms with Gasteiger partial charge in [-0.2, -0.15) is 0 Å². The maximum Gasteiger partial charge on any atom is 0.255 e. The lowest BCUT2D eigenvalue weighted by molar-refractivity contribution is -0.0261. The summed E-state index contributed by atoms with van der Waals surface area (Å²) in [7, 11) is 1.50. The predicted molar refractivity (Wildman–Crippen MR) is 134 cm³/mol. The number of benzene rings is 2. The predicted octanol–water partition coefficient (Wildman–Crippen LogP) is 2.76. The van der Waals surface area contributed by atoms with Crippen LogP contribution in [0.3, 0.4) is 0 Å². The second-order valence-electron chi connectivity index (χ2n) is 9.29. The molecular weight excluding hydrogens is 495 g/mol. The fourth-order valence-electron chi connectivity index (χ4n) is 4.85. The number of methoxy groups -OCH3 is 1. The van der Waals surface area contributed by atoms with Gasteiger partial charge in [0, 0.05) is 25.0 Å². The van der Waals surface area contributed by atoms with Gasteiger partial charge >= 0.3 is 0 Å². The lowest BCUT2D eigenvalue weighted by Gasteiger charge is -2.28. The third-order valence-electron chi connectivity index (χ3n) is 6.77. The van der Waals surface area contributed by atoms with Crippen molar-refractivity contribution in [3.05, 3.63) is 82.1 Å². The standard InChI is InChI=1S/C28H29FN2O7/c1-35-26-20-6-10-38-25(20)17(13-21(26)28(34)31-23-7-9-36-15-24(23)32)11-16-4-5-19(22(29)12-16)27(33)30-14-18-3-2-8-37-18/h2-5,8,12-13,23-24,32H,6-7,9-11,14-15H2,1H3,(H,30,33)(H,31,34)/t23-,24-/m0/s1. The summed E-state index contributed by atoms with van der Waals surface area (Å²) < 4.78 is 36.8. The largest absolute Gasteiger partial charge is 0.495 e. The highest BCUT2D eigenvalue weighted by molar-refractivity contribution is 5.98. The van der Waals surface area contributed by atoms with E-state index in [4.69, 9.17) is 18.6 Å². The van der Waals surface area contributed by atoms with E-state index in [1.165, 1.54) is 25.5 Å². The van der Waals surface area contributed by atoms with Crippen molar-refractivity contribution in [3.8, 4) is 11.5 Å². The van der Waals surface area contributed by atoms with E-state index in [2.05, 4.69) is 10.6 Å². The minimum Gasteiger partial charge on any atom is -0.495 e. The van der Waals surface area contributed by atoms with Crippen LogP contribution < -0.4 is 20.1 Å². The van der Waals surface area contributed by atoms with E-state index in [1.54, 1.807) is 24.3 Å². The molecule has 2 aliphatic rings. The van der Waals surface area contributed by atoms with Crippen LogP contribution in [-0.4, -0.2) is 56.0 Å². The molecule has 0 radical (unpaired) electrons. The molecule has 1 aromatic heterocycles. The minimum absolute atomic E-state index is 0.0772. The molecule has 2 atom stereocenters. The number of ether oxygens (including phenoxy) is 3. The van der Waals surface area contributed by atoms with Crippen LogP contribution in [0.5, 0.6) is 11.5 Å². The number of aliphatic hydroxyl groups excluding tert-OH is 1. The van der Waals surface area contributed by atoms with Gasteiger partial charge in [-0.1, -0.05) is 6.07 Å². The smallest absolute Gasteiger partial charge is 0.255 e. The van der Waals surface area contributed by atoms with Crippen LogP contribution in [-0.2, 0) is 24.1 Å². The number of nitrogens with one attached hydrogen (secondary N) is 2. The van der Waals surface area contributed by atoms with Crippen LogP contribution in [0.15, 0.2) is 47.1 Å². The first-order valence-corrected chi connectivity index (χ1v) is 12.5. The zero-order valence-electron chi connectivity index (χ0n) is 20.9. The van der Waals surface area contributed by atoms with Crippen molar-refractivity contribution in [2.75, 3.05) is 26.9 Å². The van der Waals surface area contributed by atoms with Crippen LogP contribution in [0.4, 0.5) is 4.39 Å². The lowest BCUT2D eigenvalue weighted by Crippen LogP contribution is -2.48. The first-order chi connectivity index (χ1) is 18.4. The van der Waals surface area contributed by atoms with Crippen LogP contribution in [0.25, 0.3) is 0 Å². The summed E-state index contributed by atoms with van der Waals surface area (Å²) in [6.07, 6.45) is 2.04. The topological polar surface area (TPSA) is 119 Å². The number of carbonyl (C=O) groups excluding carboxylic acids is 2. The molecule has 0 aliphatic carbocycles. The van der Waals surface area contributed by atoms with Crippen molar-refractivity contribution in [2.45, 2.75) is 38.0 Å². The van der Waals surface area contributed by atoms with Crippen LogP contribution >= 0.6 is 0 Å². The number of amides is 2. The van der Waals surface area contributed by atoms with Crippen molar-refractivity contribution in [2.24, 2.45) is 0 Å². The van der Waals surface area contributed by atoms with Crippen LogP contribution in [0.1, 0.15) is 49.6 Å². The summed E-state index contributed by atoms with van der Waals surface area (Å²) in [5.74, 6) is 0.0269. The number of rotatable bonds is 8. The van der Waals surface area contributed by atoms with Crippen molar-refractivity contribution in [3.63, 3.8) is 0 Å². The number of hydrogen-bond donors (Lipinski definition) is 3. The highest BCUT2D eigenvalue weighted by Gasteiger charge is 2.30. The normalized spacial score (nSPS) is 18.4. The van der Waals surface area contributed by atoms with Gasteiger partial charge in [-0.25, -0.2) is 4.39 Å². The van der Waals surface area contributed by atoms with Gasteiger partial charge in [0.05, 0.1) is 56.4 Å². The maximum absolute atomic E-state index is 14.9. The number of hydrogen-bond acceptors (Lipinski definition) is 7. The first kappa shape index (κ1) is 25.7. The van der Waals surface area contributed by atoms with E-state index in [0.29, 0.717) is 60.0 Å². The molecule has 2 aliphatic heterocycles. The van der Waals surface area contributed by atoms with Gasteiger partial charge in [0.15, 0.2) is 0 Å². The summed E-state index contributed by atoms with van der Waals surface area (Å²) in [6.45, 7) is 1.20. The van der Waals surface area contributed by atoms with Gasteiger partial charge in [0.2, 0.25) is 0 Å². The fourth-order valence-corrected chi connectivity index (χ4v) is 4.85. The zero-order valence-corrected chi connectivity index (χ0v) is 20.9. The Hall–Kier alpha value is -3.89. The summed E-state index contributed by atoms with van der Waals surface area (Å²) in [4.78, 5) is 25.7. The fraction of sp³-hybridized carbons (Fsp3) is 0.357. The highest BCUT2D eigenvalue weighted by atomic mass is 19.1. The van der Waals surface area contributed by atoms with Crippen molar-refractivity contribution >= 4 is 11.8 Å². The monoisotopic (exact) mass is 524 g/mol. The Morgan fingerprint density at radius 1 is 1.16 bits per heavy atom. The molecule has 3 N–H and O–H groups in total. The molecule has 5 rings (SSSR count). The second kappa shape index (κ2) is 11.2. The number of fused-ring (bicyclic) bond motifs is 1.